The van der Waals surface area contributed by atoms with Crippen LogP contribution in [0.1, 0.15) is 25.7 Å². The second-order valence-electron chi connectivity index (χ2n) is 4.17. The highest BCUT2D eigenvalue weighted by Gasteiger charge is 2.28. The van der Waals surface area contributed by atoms with Crippen LogP contribution >= 0.6 is 0 Å². The Morgan fingerprint density at radius 3 is 3.00 bits per heavy atom. The molecular formula is C11H15N3O3. The molecule has 1 atom stereocenters. The molecule has 0 spiro atoms. The van der Waals surface area contributed by atoms with Crippen LogP contribution < -0.4 is 10.5 Å². The maximum atomic E-state index is 11.2. The molecule has 0 saturated carbocycles. The third-order valence-corrected chi connectivity index (χ3v) is 3.00. The first-order valence-electron chi connectivity index (χ1n) is 5.72. The van der Waals surface area contributed by atoms with E-state index in [1.165, 1.54) is 12.4 Å². The van der Waals surface area contributed by atoms with Gasteiger partial charge in [0.05, 0.1) is 6.33 Å². The highest BCUT2D eigenvalue weighted by molar-refractivity contribution is 5.77. The normalized spacial score (nSPS) is 20.9. The van der Waals surface area contributed by atoms with Gasteiger partial charge in [0.1, 0.15) is 11.9 Å². The minimum atomic E-state index is -0.853. The molecule has 0 bridgehead atoms. The standard InChI is InChI=1S/C11H15N3O3/c15-10-6-9(12-7-13-10)14-5-3-1-2-4-8(14)11(16)17/h6-8H,1-5H2,(H,16,17)(H,12,13,15). The fraction of sp³-hybridized carbons (Fsp3) is 0.545. The summed E-state index contributed by atoms with van der Waals surface area (Å²) in [6.45, 7) is 0.632. The van der Waals surface area contributed by atoms with Crippen LogP contribution in [0.2, 0.25) is 0 Å². The Hall–Kier alpha value is -1.85. The summed E-state index contributed by atoms with van der Waals surface area (Å²) in [7, 11) is 0. The number of carbonyl (C=O) groups is 1. The maximum absolute atomic E-state index is 11.2. The van der Waals surface area contributed by atoms with E-state index in [1.807, 2.05) is 0 Å². The number of aliphatic carboxylic acids is 1. The molecule has 92 valence electrons. The zero-order valence-electron chi connectivity index (χ0n) is 9.43. The predicted octanol–water partition coefficient (Wildman–Crippen LogP) is 0.603. The number of nitrogens with zero attached hydrogens (tertiary/aromatic N) is 2. The number of nitrogens with one attached hydrogen (secondary N) is 1. The summed E-state index contributed by atoms with van der Waals surface area (Å²) >= 11 is 0. The minimum absolute atomic E-state index is 0.261. The summed E-state index contributed by atoms with van der Waals surface area (Å²) in [5.41, 5.74) is -0.261. The molecule has 1 aromatic rings. The molecular weight excluding hydrogens is 222 g/mol. The molecule has 2 heterocycles. The van der Waals surface area contributed by atoms with Crippen molar-refractivity contribution in [3.05, 3.63) is 22.7 Å². The SMILES string of the molecule is O=C(O)C1CCCCCN1c1cc(=O)[nH]cn1. The van der Waals surface area contributed by atoms with Crippen molar-refractivity contribution >= 4 is 11.8 Å². The lowest BCUT2D eigenvalue weighted by atomic mass is 10.1. The average molecular weight is 237 g/mol. The first kappa shape index (κ1) is 11.6. The number of hydrogen-bond acceptors (Lipinski definition) is 4. The van der Waals surface area contributed by atoms with Gasteiger partial charge in [-0.25, -0.2) is 9.78 Å². The van der Waals surface area contributed by atoms with Gasteiger partial charge in [0.25, 0.3) is 5.56 Å². The Kier molecular flexibility index (Phi) is 3.41. The molecule has 0 radical (unpaired) electrons. The molecule has 1 unspecified atom stereocenters. The van der Waals surface area contributed by atoms with E-state index >= 15 is 0 Å². The van der Waals surface area contributed by atoms with Crippen molar-refractivity contribution in [1.29, 1.82) is 0 Å². The molecule has 2 N–H and O–H groups in total. The Morgan fingerprint density at radius 2 is 2.29 bits per heavy atom. The van der Waals surface area contributed by atoms with Crippen molar-refractivity contribution in [2.24, 2.45) is 0 Å². The predicted molar refractivity (Wildman–Crippen MR) is 62.1 cm³/mol. The second kappa shape index (κ2) is 4.99. The molecule has 1 aliphatic heterocycles. The van der Waals surface area contributed by atoms with E-state index in [9.17, 15) is 14.7 Å². The van der Waals surface area contributed by atoms with Crippen molar-refractivity contribution in [2.75, 3.05) is 11.4 Å². The number of carboxylic acids is 1. The first-order valence-corrected chi connectivity index (χ1v) is 5.72. The number of aromatic nitrogens is 2. The number of rotatable bonds is 2. The molecule has 0 aromatic carbocycles. The molecule has 6 heteroatoms. The Labute approximate surface area is 98.3 Å². The van der Waals surface area contributed by atoms with Crippen molar-refractivity contribution in [3.63, 3.8) is 0 Å². The van der Waals surface area contributed by atoms with Crippen molar-refractivity contribution < 1.29 is 9.90 Å². The Balaban J connectivity index is 2.31. The van der Waals surface area contributed by atoms with E-state index in [4.69, 9.17) is 0 Å². The van der Waals surface area contributed by atoms with Crippen LogP contribution in [0, 0.1) is 0 Å². The zero-order chi connectivity index (χ0) is 12.3. The number of aromatic amines is 1. The quantitative estimate of drug-likeness (QED) is 0.786. The lowest BCUT2D eigenvalue weighted by Gasteiger charge is -2.27. The summed E-state index contributed by atoms with van der Waals surface area (Å²) in [5, 5.41) is 9.21. The van der Waals surface area contributed by atoms with Crippen molar-refractivity contribution in [1.82, 2.24) is 9.97 Å². The topological polar surface area (TPSA) is 86.3 Å². The van der Waals surface area contributed by atoms with E-state index in [-0.39, 0.29) is 5.56 Å². The number of hydrogen-bond donors (Lipinski definition) is 2. The molecule has 2 rings (SSSR count). The third-order valence-electron chi connectivity index (χ3n) is 3.00. The van der Waals surface area contributed by atoms with E-state index in [0.29, 0.717) is 18.8 Å². The average Bonchev–Trinajstić information content (AvgIpc) is 2.54. The van der Waals surface area contributed by atoms with Crippen LogP contribution in [0.25, 0.3) is 0 Å². The van der Waals surface area contributed by atoms with Gasteiger partial charge in [-0.05, 0) is 12.8 Å². The van der Waals surface area contributed by atoms with Gasteiger partial charge >= 0.3 is 5.97 Å². The van der Waals surface area contributed by atoms with Gasteiger partial charge in [-0.1, -0.05) is 12.8 Å². The molecule has 17 heavy (non-hydrogen) atoms. The van der Waals surface area contributed by atoms with Crippen LogP contribution in [0.15, 0.2) is 17.2 Å². The zero-order valence-corrected chi connectivity index (χ0v) is 9.43. The smallest absolute Gasteiger partial charge is 0.326 e. The van der Waals surface area contributed by atoms with Crippen molar-refractivity contribution in [3.8, 4) is 0 Å². The lowest BCUT2D eigenvalue weighted by molar-refractivity contribution is -0.138. The summed E-state index contributed by atoms with van der Waals surface area (Å²) in [4.78, 5) is 30.6. The second-order valence-corrected chi connectivity index (χ2v) is 4.17. The van der Waals surface area contributed by atoms with Gasteiger partial charge < -0.3 is 15.0 Å². The van der Waals surface area contributed by atoms with Gasteiger partial charge in [0, 0.05) is 12.6 Å². The minimum Gasteiger partial charge on any atom is -0.480 e. The van der Waals surface area contributed by atoms with E-state index in [2.05, 4.69) is 9.97 Å². The van der Waals surface area contributed by atoms with E-state index in [1.54, 1.807) is 4.90 Å². The van der Waals surface area contributed by atoms with Crippen LogP contribution in [-0.4, -0.2) is 33.6 Å². The highest BCUT2D eigenvalue weighted by atomic mass is 16.4. The Bertz CT molecular complexity index is 457. The molecule has 0 amide bonds. The summed E-state index contributed by atoms with van der Waals surface area (Å²) < 4.78 is 0. The van der Waals surface area contributed by atoms with E-state index in [0.717, 1.165) is 19.3 Å². The van der Waals surface area contributed by atoms with Crippen LogP contribution in [0.5, 0.6) is 0 Å². The molecule has 0 aliphatic carbocycles. The van der Waals surface area contributed by atoms with Crippen molar-refractivity contribution in [2.45, 2.75) is 31.7 Å². The van der Waals surface area contributed by atoms with Gasteiger partial charge in [-0.2, -0.15) is 0 Å². The van der Waals surface area contributed by atoms with Gasteiger partial charge in [-0.15, -0.1) is 0 Å². The third kappa shape index (κ3) is 2.64. The molecule has 6 nitrogen and oxygen atoms in total. The van der Waals surface area contributed by atoms with Gasteiger partial charge in [0.2, 0.25) is 0 Å². The fourth-order valence-corrected chi connectivity index (χ4v) is 2.15. The molecule has 1 saturated heterocycles. The summed E-state index contributed by atoms with van der Waals surface area (Å²) in [6.07, 6.45) is 4.75. The van der Waals surface area contributed by atoms with Gasteiger partial charge in [-0.3, -0.25) is 4.79 Å². The fourth-order valence-electron chi connectivity index (χ4n) is 2.15. The van der Waals surface area contributed by atoms with Crippen LogP contribution in [-0.2, 0) is 4.79 Å². The largest absolute Gasteiger partial charge is 0.480 e. The monoisotopic (exact) mass is 237 g/mol. The summed E-state index contributed by atoms with van der Waals surface area (Å²) in [5.74, 6) is -0.406. The first-order chi connectivity index (χ1) is 8.18. The molecule has 1 aliphatic rings. The molecule has 1 fully saturated rings. The maximum Gasteiger partial charge on any atom is 0.326 e. The molecule has 1 aromatic heterocycles. The number of H-pyrrole nitrogens is 1. The van der Waals surface area contributed by atoms with Gasteiger partial charge in [0.15, 0.2) is 0 Å². The Morgan fingerprint density at radius 1 is 1.47 bits per heavy atom. The van der Waals surface area contributed by atoms with E-state index < -0.39 is 12.0 Å². The summed E-state index contributed by atoms with van der Waals surface area (Å²) in [6, 6.07) is 0.771. The highest BCUT2D eigenvalue weighted by Crippen LogP contribution is 2.21. The number of anilines is 1. The van der Waals surface area contributed by atoms with Crippen LogP contribution in [0.4, 0.5) is 5.82 Å². The lowest BCUT2D eigenvalue weighted by Crippen LogP contribution is -2.41. The number of carboxylic acid groups (broad SMARTS) is 1. The van der Waals surface area contributed by atoms with Crippen LogP contribution in [0.3, 0.4) is 0 Å².